The highest BCUT2D eigenvalue weighted by Crippen LogP contribution is 2.29. The van der Waals surface area contributed by atoms with E-state index in [0.29, 0.717) is 0 Å². The number of hydrogen-bond donors (Lipinski definition) is 2. The van der Waals surface area contributed by atoms with E-state index in [4.69, 9.17) is 5.84 Å². The van der Waals surface area contributed by atoms with Crippen molar-refractivity contribution in [1.29, 1.82) is 0 Å². The molecule has 0 aliphatic rings. The molecule has 0 bridgehead atoms. The van der Waals surface area contributed by atoms with E-state index in [9.17, 15) is 0 Å². The Morgan fingerprint density at radius 1 is 1.14 bits per heavy atom. The van der Waals surface area contributed by atoms with Gasteiger partial charge in [-0.15, -0.1) is 0 Å². The summed E-state index contributed by atoms with van der Waals surface area (Å²) in [6.07, 6.45) is 1.88. The lowest BCUT2D eigenvalue weighted by molar-refractivity contribution is 0.633. The first-order chi connectivity index (χ1) is 10.2. The Kier molecular flexibility index (Phi) is 4.54. The Morgan fingerprint density at radius 3 is 2.76 bits per heavy atom. The predicted octanol–water partition coefficient (Wildman–Crippen LogP) is 4.15. The van der Waals surface area contributed by atoms with Crippen LogP contribution in [-0.4, -0.2) is 4.98 Å². The second-order valence-electron chi connectivity index (χ2n) is 4.73. The van der Waals surface area contributed by atoms with E-state index in [1.807, 2.05) is 30.5 Å². The molecule has 2 aromatic carbocycles. The van der Waals surface area contributed by atoms with E-state index in [1.165, 1.54) is 0 Å². The van der Waals surface area contributed by atoms with Crippen molar-refractivity contribution in [1.82, 2.24) is 10.4 Å². The minimum Gasteiger partial charge on any atom is -0.271 e. The molecule has 5 heteroatoms. The molecular weight excluding hydrogens is 441 g/mol. The number of fused-ring (bicyclic) bond motifs is 1. The van der Waals surface area contributed by atoms with Crippen LogP contribution in [0.3, 0.4) is 0 Å². The first-order valence-electron chi connectivity index (χ1n) is 6.45. The standard InChI is InChI=1S/C16H13BrIN3/c17-12-5-6-14(18)13(8-12)16(21-19)11-7-10-3-1-2-4-15(10)20-9-11/h1-9,16,21H,19H2. The maximum Gasteiger partial charge on any atom is 0.0735 e. The SMILES string of the molecule is NNC(c1cnc2ccccc2c1)c1cc(Br)ccc1I. The summed E-state index contributed by atoms with van der Waals surface area (Å²) in [5, 5.41) is 1.11. The summed E-state index contributed by atoms with van der Waals surface area (Å²) in [5.74, 6) is 5.80. The molecular formula is C16H13BrIN3. The zero-order valence-electron chi connectivity index (χ0n) is 11.1. The predicted molar refractivity (Wildman–Crippen MR) is 97.8 cm³/mol. The van der Waals surface area contributed by atoms with Crippen LogP contribution in [0.4, 0.5) is 0 Å². The Balaban J connectivity index is 2.11. The van der Waals surface area contributed by atoms with Crippen molar-refractivity contribution < 1.29 is 0 Å². The van der Waals surface area contributed by atoms with Gasteiger partial charge < -0.3 is 0 Å². The van der Waals surface area contributed by atoms with Crippen molar-refractivity contribution in [3.8, 4) is 0 Å². The zero-order chi connectivity index (χ0) is 14.8. The molecule has 0 amide bonds. The largest absolute Gasteiger partial charge is 0.271 e. The Morgan fingerprint density at radius 2 is 1.95 bits per heavy atom. The highest BCUT2D eigenvalue weighted by atomic mass is 127. The van der Waals surface area contributed by atoms with Gasteiger partial charge in [0, 0.05) is 19.6 Å². The van der Waals surface area contributed by atoms with Gasteiger partial charge in [-0.1, -0.05) is 34.1 Å². The summed E-state index contributed by atoms with van der Waals surface area (Å²) in [6.45, 7) is 0. The minimum absolute atomic E-state index is 0.0912. The molecule has 3 aromatic rings. The summed E-state index contributed by atoms with van der Waals surface area (Å²) < 4.78 is 2.19. The van der Waals surface area contributed by atoms with Crippen LogP contribution in [0.15, 0.2) is 59.2 Å². The molecule has 1 heterocycles. The molecule has 0 fully saturated rings. The molecule has 1 unspecified atom stereocenters. The monoisotopic (exact) mass is 453 g/mol. The van der Waals surface area contributed by atoms with E-state index >= 15 is 0 Å². The van der Waals surface area contributed by atoms with Gasteiger partial charge in [0.25, 0.3) is 0 Å². The fourth-order valence-electron chi connectivity index (χ4n) is 2.35. The van der Waals surface area contributed by atoms with Gasteiger partial charge in [-0.05, 0) is 64.0 Å². The maximum atomic E-state index is 5.80. The smallest absolute Gasteiger partial charge is 0.0735 e. The second kappa shape index (κ2) is 6.39. The van der Waals surface area contributed by atoms with Gasteiger partial charge in [0.2, 0.25) is 0 Å². The van der Waals surface area contributed by atoms with Gasteiger partial charge in [0.15, 0.2) is 0 Å². The highest BCUT2D eigenvalue weighted by Gasteiger charge is 2.16. The first kappa shape index (κ1) is 14.9. The molecule has 21 heavy (non-hydrogen) atoms. The number of halogens is 2. The van der Waals surface area contributed by atoms with Gasteiger partial charge in [-0.25, -0.2) is 5.43 Å². The molecule has 3 rings (SSSR count). The van der Waals surface area contributed by atoms with Crippen LogP contribution in [0, 0.1) is 3.57 Å². The van der Waals surface area contributed by atoms with Crippen molar-refractivity contribution >= 4 is 49.4 Å². The molecule has 0 radical (unpaired) electrons. The maximum absolute atomic E-state index is 5.80. The van der Waals surface area contributed by atoms with Crippen molar-refractivity contribution in [3.63, 3.8) is 0 Å². The van der Waals surface area contributed by atoms with Crippen LogP contribution in [0.2, 0.25) is 0 Å². The second-order valence-corrected chi connectivity index (χ2v) is 6.80. The summed E-state index contributed by atoms with van der Waals surface area (Å²) >= 11 is 5.84. The summed E-state index contributed by atoms with van der Waals surface area (Å²) in [4.78, 5) is 4.52. The van der Waals surface area contributed by atoms with Crippen LogP contribution in [0.5, 0.6) is 0 Å². The number of hydrazine groups is 1. The number of nitrogens with zero attached hydrogens (tertiary/aromatic N) is 1. The Labute approximate surface area is 145 Å². The fraction of sp³-hybridized carbons (Fsp3) is 0.0625. The Bertz CT molecular complexity index is 791. The molecule has 0 spiro atoms. The topological polar surface area (TPSA) is 50.9 Å². The van der Waals surface area contributed by atoms with Crippen LogP contribution in [-0.2, 0) is 0 Å². The van der Waals surface area contributed by atoms with Crippen molar-refractivity contribution in [3.05, 3.63) is 73.9 Å². The number of benzene rings is 2. The molecule has 0 saturated carbocycles. The van der Waals surface area contributed by atoms with Crippen molar-refractivity contribution in [2.24, 2.45) is 5.84 Å². The first-order valence-corrected chi connectivity index (χ1v) is 8.32. The summed E-state index contributed by atoms with van der Waals surface area (Å²) in [7, 11) is 0. The zero-order valence-corrected chi connectivity index (χ0v) is 14.8. The van der Waals surface area contributed by atoms with E-state index in [2.05, 4.69) is 73.2 Å². The molecule has 106 valence electrons. The third-order valence-corrected chi connectivity index (χ3v) is 4.86. The van der Waals surface area contributed by atoms with Crippen molar-refractivity contribution in [2.45, 2.75) is 6.04 Å². The molecule has 0 saturated heterocycles. The average Bonchev–Trinajstić information content (AvgIpc) is 2.51. The van der Waals surface area contributed by atoms with Gasteiger partial charge in [0.05, 0.1) is 11.6 Å². The summed E-state index contributed by atoms with van der Waals surface area (Å²) in [6, 6.07) is 16.3. The van der Waals surface area contributed by atoms with E-state index in [1.54, 1.807) is 0 Å². The van der Waals surface area contributed by atoms with E-state index in [0.717, 1.165) is 30.1 Å². The van der Waals surface area contributed by atoms with Crippen LogP contribution in [0.1, 0.15) is 17.2 Å². The molecule has 3 N–H and O–H groups in total. The lowest BCUT2D eigenvalue weighted by Crippen LogP contribution is -2.29. The van der Waals surface area contributed by atoms with E-state index < -0.39 is 0 Å². The molecule has 0 aliphatic carbocycles. The lowest BCUT2D eigenvalue weighted by atomic mass is 9.99. The number of pyridine rings is 1. The molecule has 1 atom stereocenters. The van der Waals surface area contributed by atoms with Gasteiger partial charge in [-0.3, -0.25) is 10.8 Å². The number of nitrogens with two attached hydrogens (primary N) is 1. The van der Waals surface area contributed by atoms with Crippen molar-refractivity contribution in [2.75, 3.05) is 0 Å². The number of rotatable bonds is 3. The van der Waals surface area contributed by atoms with Gasteiger partial charge in [0.1, 0.15) is 0 Å². The highest BCUT2D eigenvalue weighted by molar-refractivity contribution is 14.1. The third kappa shape index (κ3) is 3.11. The number of para-hydroxylation sites is 1. The minimum atomic E-state index is -0.0912. The van der Waals surface area contributed by atoms with Crippen LogP contribution in [0.25, 0.3) is 10.9 Å². The van der Waals surface area contributed by atoms with Gasteiger partial charge in [-0.2, -0.15) is 0 Å². The number of aromatic nitrogens is 1. The van der Waals surface area contributed by atoms with E-state index in [-0.39, 0.29) is 6.04 Å². The average molecular weight is 454 g/mol. The molecule has 0 aliphatic heterocycles. The molecule has 3 nitrogen and oxygen atoms in total. The quantitative estimate of drug-likeness (QED) is 0.355. The lowest BCUT2D eigenvalue weighted by Gasteiger charge is -2.19. The fourth-order valence-corrected chi connectivity index (χ4v) is 3.37. The molecule has 1 aromatic heterocycles. The normalized spacial score (nSPS) is 12.5. The number of hydrogen-bond acceptors (Lipinski definition) is 3. The Hall–Kier alpha value is -1.02. The summed E-state index contributed by atoms with van der Waals surface area (Å²) in [5.41, 5.74) is 6.07. The van der Waals surface area contributed by atoms with Crippen LogP contribution < -0.4 is 11.3 Å². The number of nitrogens with one attached hydrogen (secondary N) is 1. The van der Waals surface area contributed by atoms with Gasteiger partial charge >= 0.3 is 0 Å². The third-order valence-electron chi connectivity index (χ3n) is 3.38. The van der Waals surface area contributed by atoms with Crippen LogP contribution >= 0.6 is 38.5 Å².